The van der Waals surface area contributed by atoms with Gasteiger partial charge in [0.2, 0.25) is 0 Å². The smallest absolute Gasteiger partial charge is 0.137 e. The molecule has 0 saturated heterocycles. The molecule has 2 aromatic heterocycles. The molecular weight excluding hydrogens is 997 g/mol. The number of nitrogens with zero attached hydrogens (tertiary/aromatic N) is 4. The summed E-state index contributed by atoms with van der Waals surface area (Å²) >= 11 is 0. The molecule has 82 heavy (non-hydrogen) atoms. The molecule has 0 radical (unpaired) electrons. The molecule has 0 fully saturated rings. The molecule has 0 aliphatic carbocycles. The van der Waals surface area contributed by atoms with Gasteiger partial charge in [-0.2, -0.15) is 0 Å². The van der Waals surface area contributed by atoms with Crippen LogP contribution in [0.4, 0.5) is 22.7 Å². The molecule has 12 rings (SSSR count). The maximum atomic E-state index is 8.93. The van der Waals surface area contributed by atoms with Gasteiger partial charge in [-0.15, -0.1) is 0 Å². The lowest BCUT2D eigenvalue weighted by molar-refractivity contribution is 0.483. The predicted molar refractivity (Wildman–Crippen MR) is 348 cm³/mol. The van der Waals surface area contributed by atoms with E-state index in [9.17, 15) is 0 Å². The Morgan fingerprint density at radius 2 is 0.988 bits per heavy atom. The molecule has 0 unspecified atom stereocenters. The summed E-state index contributed by atoms with van der Waals surface area (Å²) in [6, 6.07) is 73.4. The van der Waals surface area contributed by atoms with Gasteiger partial charge in [0.05, 0.1) is 28.1 Å². The van der Waals surface area contributed by atoms with Crippen LogP contribution in [0.1, 0.15) is 115 Å². The van der Waals surface area contributed by atoms with E-state index in [1.807, 2.05) is 30.3 Å². The molecule has 0 amide bonds. The normalized spacial score (nSPS) is 13.8. The highest BCUT2D eigenvalue weighted by Crippen LogP contribution is 2.52. The third-order valence-corrected chi connectivity index (χ3v) is 16.5. The number of rotatable bonds is 9. The third kappa shape index (κ3) is 10.2. The van der Waals surface area contributed by atoms with Gasteiger partial charge in [0.1, 0.15) is 24.0 Å². The van der Waals surface area contributed by atoms with E-state index in [4.69, 9.17) is 13.8 Å². The predicted octanol–water partition coefficient (Wildman–Crippen LogP) is 21.4. The summed E-state index contributed by atoms with van der Waals surface area (Å²) in [4.78, 5) is 9.99. The van der Waals surface area contributed by atoms with Crippen LogP contribution in [0.5, 0.6) is 11.5 Å². The van der Waals surface area contributed by atoms with Crippen molar-refractivity contribution >= 4 is 44.6 Å². The lowest BCUT2D eigenvalue weighted by atomic mass is 9.79. The van der Waals surface area contributed by atoms with Crippen LogP contribution in [0.3, 0.4) is 0 Å². The summed E-state index contributed by atoms with van der Waals surface area (Å²) in [6.45, 7) is 25.0. The average molecular weight is 1080 g/mol. The highest BCUT2D eigenvalue weighted by Gasteiger charge is 2.33. The highest BCUT2D eigenvalue weighted by molar-refractivity contribution is 6.09. The summed E-state index contributed by atoms with van der Waals surface area (Å²) < 4.78 is 35.8. The van der Waals surface area contributed by atoms with Crippen molar-refractivity contribution in [1.29, 1.82) is 0 Å². The number of para-hydroxylation sites is 4. The Bertz CT molecular complexity index is 4300. The molecule has 3 heterocycles. The number of anilines is 4. The molecule has 11 aromatic rings. The molecule has 0 bridgehead atoms. The van der Waals surface area contributed by atoms with E-state index in [-0.39, 0.29) is 27.2 Å². The Balaban J connectivity index is 0.916. The zero-order valence-corrected chi connectivity index (χ0v) is 49.6. The van der Waals surface area contributed by atoms with Crippen molar-refractivity contribution in [1.82, 2.24) is 9.55 Å². The van der Waals surface area contributed by atoms with Crippen molar-refractivity contribution in [3.8, 4) is 61.8 Å². The van der Waals surface area contributed by atoms with E-state index >= 15 is 0 Å². The lowest BCUT2D eigenvalue weighted by Crippen LogP contribution is -2.25. The molecule has 9 aromatic carbocycles. The molecule has 5 nitrogen and oxygen atoms in total. The van der Waals surface area contributed by atoms with E-state index in [0.717, 1.165) is 72.4 Å². The first-order valence-electron chi connectivity index (χ1n) is 30.4. The largest absolute Gasteiger partial charge is 0.457 e. The first-order valence-corrected chi connectivity index (χ1v) is 28.9. The first kappa shape index (κ1) is 50.3. The van der Waals surface area contributed by atoms with Gasteiger partial charge in [-0.1, -0.05) is 229 Å². The van der Waals surface area contributed by atoms with Crippen molar-refractivity contribution in [3.63, 3.8) is 0 Å². The minimum Gasteiger partial charge on any atom is -0.457 e. The SMILES string of the molecule is [2H]C([2H])([2H])c1cc(-n2c3ccccc3c3ccc(Oc4cccc(N5CN(c6c(-c7ccc(-c8ccc(C(C)(C)C)cc8)cc7)cccc6-c6ccccc6C(C)(C)C)c6ccccc65)c4)cc32)ncc1-c1cc(C(C)(C)C)cc(C(C)(C)C)c1. The number of aromatic nitrogens is 2. The fraction of sp³-hybridized carbons (Fsp3) is 0.234. The standard InChI is InChI=1S/C77H76N4O/c1-50-42-72(78-48-66(50)54-43-56(75(5,6)7)45-57(44-54)76(8,9)10)81-68-29-17-15-25-63(68)64-41-40-60(47-71(64)81)82-59-23-20-22-58(46-59)79-49-80(70-31-19-18-30-69(70)79)73-61(26-21-27-65(73)62-24-14-16-28-67(62)77(11,12)13)53-34-32-51(33-35-53)52-36-38-55(39-37-52)74(2,3)4/h14-48H,49H2,1-13H3/i1D3. The molecule has 0 saturated carbocycles. The van der Waals surface area contributed by atoms with Gasteiger partial charge in [0, 0.05) is 55.6 Å². The summed E-state index contributed by atoms with van der Waals surface area (Å²) in [6.07, 6.45) is 1.75. The number of hydrogen-bond acceptors (Lipinski definition) is 4. The Hall–Kier alpha value is -8.67. The Morgan fingerprint density at radius 1 is 0.415 bits per heavy atom. The molecule has 0 spiro atoms. The van der Waals surface area contributed by atoms with E-state index in [2.05, 4.69) is 267 Å². The van der Waals surface area contributed by atoms with Crippen LogP contribution in [0, 0.1) is 6.85 Å². The van der Waals surface area contributed by atoms with Crippen molar-refractivity contribution < 1.29 is 8.85 Å². The topological polar surface area (TPSA) is 33.5 Å². The van der Waals surface area contributed by atoms with Crippen LogP contribution < -0.4 is 14.5 Å². The zero-order valence-electron chi connectivity index (χ0n) is 52.6. The second-order valence-electron chi connectivity index (χ2n) is 26.4. The molecule has 410 valence electrons. The van der Waals surface area contributed by atoms with Gasteiger partial charge in [-0.25, -0.2) is 4.98 Å². The van der Waals surface area contributed by atoms with Gasteiger partial charge >= 0.3 is 0 Å². The summed E-state index contributed by atoms with van der Waals surface area (Å²) in [7, 11) is 0. The van der Waals surface area contributed by atoms with Crippen LogP contribution in [-0.2, 0) is 21.7 Å². The number of aryl methyl sites for hydroxylation is 1. The van der Waals surface area contributed by atoms with Crippen LogP contribution in [-0.4, -0.2) is 16.2 Å². The van der Waals surface area contributed by atoms with Crippen molar-refractivity contribution in [2.75, 3.05) is 16.5 Å². The fourth-order valence-electron chi connectivity index (χ4n) is 11.8. The molecule has 5 heteroatoms. The maximum Gasteiger partial charge on any atom is 0.137 e. The first-order chi connectivity index (χ1) is 40.3. The number of hydrogen-bond donors (Lipinski definition) is 0. The maximum absolute atomic E-state index is 8.93. The Labute approximate surface area is 490 Å². The van der Waals surface area contributed by atoms with Crippen molar-refractivity contribution in [2.24, 2.45) is 0 Å². The van der Waals surface area contributed by atoms with Crippen LogP contribution in [0.2, 0.25) is 0 Å². The van der Waals surface area contributed by atoms with Gasteiger partial charge in [-0.3, -0.25) is 4.57 Å². The van der Waals surface area contributed by atoms with E-state index in [0.29, 0.717) is 29.5 Å². The number of pyridine rings is 1. The molecular formula is C77H76N4O. The number of fused-ring (bicyclic) bond motifs is 4. The van der Waals surface area contributed by atoms with Crippen molar-refractivity contribution in [3.05, 3.63) is 240 Å². The van der Waals surface area contributed by atoms with E-state index in [1.54, 1.807) is 12.3 Å². The fourth-order valence-corrected chi connectivity index (χ4v) is 11.8. The highest BCUT2D eigenvalue weighted by atomic mass is 16.5. The van der Waals surface area contributed by atoms with Gasteiger partial charge in [-0.05, 0) is 133 Å². The molecule has 0 N–H and O–H groups in total. The van der Waals surface area contributed by atoms with E-state index in [1.165, 1.54) is 33.4 Å². The van der Waals surface area contributed by atoms with E-state index < -0.39 is 6.85 Å². The number of ether oxygens (including phenoxy) is 1. The van der Waals surface area contributed by atoms with Gasteiger partial charge in [0.25, 0.3) is 0 Å². The number of benzene rings is 9. The molecule has 0 atom stereocenters. The van der Waals surface area contributed by atoms with Gasteiger partial charge in [0.15, 0.2) is 0 Å². The van der Waals surface area contributed by atoms with Crippen LogP contribution in [0.15, 0.2) is 212 Å². The second-order valence-corrected chi connectivity index (χ2v) is 26.4. The molecule has 1 aliphatic rings. The van der Waals surface area contributed by atoms with Gasteiger partial charge < -0.3 is 14.5 Å². The quantitative estimate of drug-likeness (QED) is 0.144. The lowest BCUT2D eigenvalue weighted by Gasteiger charge is -2.29. The third-order valence-electron chi connectivity index (χ3n) is 16.5. The van der Waals surface area contributed by atoms with Crippen LogP contribution in [0.25, 0.3) is 72.1 Å². The summed E-state index contributed by atoms with van der Waals surface area (Å²) in [5.74, 6) is 1.84. The average Bonchev–Trinajstić information content (AvgIpc) is 3.63. The minimum atomic E-state index is -2.42. The molecule has 1 aliphatic heterocycles. The minimum absolute atomic E-state index is 0.0842. The Morgan fingerprint density at radius 3 is 1.67 bits per heavy atom. The van der Waals surface area contributed by atoms with Crippen LogP contribution >= 0.6 is 0 Å². The summed E-state index contributed by atoms with van der Waals surface area (Å²) in [5, 5.41) is 2.04. The monoisotopic (exact) mass is 1080 g/mol. The summed E-state index contributed by atoms with van der Waals surface area (Å²) in [5.41, 5.74) is 19.5. The van der Waals surface area contributed by atoms with Crippen molar-refractivity contribution in [2.45, 2.75) is 112 Å². The zero-order chi connectivity index (χ0) is 60.0. The Kier molecular flexibility index (Phi) is 12.5. The second kappa shape index (κ2) is 20.4.